The Hall–Kier alpha value is -1.80. The molecule has 1 heterocycles. The van der Waals surface area contributed by atoms with Crippen molar-refractivity contribution in [1.29, 1.82) is 0 Å². The minimum atomic E-state index is 0.0908. The Morgan fingerprint density at radius 2 is 1.75 bits per heavy atom. The van der Waals surface area contributed by atoms with Crippen LogP contribution in [0.2, 0.25) is 5.02 Å². The molecule has 2 aromatic rings. The minimum Gasteiger partial charge on any atom is -0.312 e. The second-order valence-corrected chi connectivity index (χ2v) is 5.58. The van der Waals surface area contributed by atoms with Gasteiger partial charge in [-0.05, 0) is 42.7 Å². The van der Waals surface area contributed by atoms with E-state index < -0.39 is 0 Å². The number of amides is 1. The Morgan fingerprint density at radius 1 is 1.05 bits per heavy atom. The van der Waals surface area contributed by atoms with Crippen molar-refractivity contribution >= 4 is 23.2 Å². The number of carbonyl (C=O) groups excluding carboxylic acids is 1. The van der Waals surface area contributed by atoms with Crippen LogP contribution in [0.5, 0.6) is 0 Å². The number of hydrogen-bond acceptors (Lipinski definition) is 1. The fourth-order valence-corrected chi connectivity index (χ4v) is 2.83. The van der Waals surface area contributed by atoms with E-state index in [0.717, 1.165) is 25.1 Å². The molecule has 3 rings (SSSR count). The summed E-state index contributed by atoms with van der Waals surface area (Å²) in [7, 11) is 0. The second kappa shape index (κ2) is 5.68. The van der Waals surface area contributed by atoms with Gasteiger partial charge in [0.05, 0.1) is 0 Å². The summed E-state index contributed by atoms with van der Waals surface area (Å²) in [5.74, 6) is 0.309. The third-order valence-corrected chi connectivity index (χ3v) is 4.03. The molecule has 1 unspecified atom stereocenters. The van der Waals surface area contributed by atoms with Crippen LogP contribution < -0.4 is 4.90 Å². The fraction of sp³-hybridized carbons (Fsp3) is 0.235. The van der Waals surface area contributed by atoms with Gasteiger partial charge in [0.15, 0.2) is 0 Å². The molecule has 0 radical (unpaired) electrons. The molecule has 102 valence electrons. The average Bonchev–Trinajstić information content (AvgIpc) is 2.83. The highest BCUT2D eigenvalue weighted by molar-refractivity contribution is 6.30. The van der Waals surface area contributed by atoms with E-state index in [2.05, 4.69) is 12.1 Å². The zero-order valence-corrected chi connectivity index (χ0v) is 11.9. The highest BCUT2D eigenvalue weighted by atomic mass is 35.5. The molecule has 1 fully saturated rings. The first-order valence-corrected chi connectivity index (χ1v) is 7.23. The van der Waals surface area contributed by atoms with Gasteiger partial charge in [-0.1, -0.05) is 41.9 Å². The van der Waals surface area contributed by atoms with E-state index in [0.29, 0.717) is 5.02 Å². The summed E-state index contributed by atoms with van der Waals surface area (Å²) in [5.41, 5.74) is 2.17. The van der Waals surface area contributed by atoms with Crippen LogP contribution >= 0.6 is 11.6 Å². The van der Waals surface area contributed by atoms with Gasteiger partial charge in [0.25, 0.3) is 0 Å². The zero-order chi connectivity index (χ0) is 13.9. The Morgan fingerprint density at radius 3 is 2.45 bits per heavy atom. The van der Waals surface area contributed by atoms with Gasteiger partial charge in [-0.15, -0.1) is 0 Å². The number of benzene rings is 2. The normalized spacial score (nSPS) is 18.6. The Kier molecular flexibility index (Phi) is 3.75. The van der Waals surface area contributed by atoms with E-state index in [1.54, 1.807) is 0 Å². The van der Waals surface area contributed by atoms with Crippen LogP contribution in [-0.4, -0.2) is 12.5 Å². The van der Waals surface area contributed by atoms with Gasteiger partial charge >= 0.3 is 0 Å². The van der Waals surface area contributed by atoms with Crippen LogP contribution in [0.15, 0.2) is 54.6 Å². The molecule has 3 heteroatoms. The molecule has 1 amide bonds. The highest BCUT2D eigenvalue weighted by Crippen LogP contribution is 2.28. The number of rotatable bonds is 3. The van der Waals surface area contributed by atoms with E-state index in [9.17, 15) is 4.79 Å². The monoisotopic (exact) mass is 285 g/mol. The first-order chi connectivity index (χ1) is 9.74. The summed E-state index contributed by atoms with van der Waals surface area (Å²) in [6.07, 6.45) is 1.74. The summed E-state index contributed by atoms with van der Waals surface area (Å²) >= 11 is 5.89. The minimum absolute atomic E-state index is 0.0908. The van der Waals surface area contributed by atoms with Crippen LogP contribution in [0.1, 0.15) is 12.0 Å². The lowest BCUT2D eigenvalue weighted by molar-refractivity contribution is -0.120. The van der Waals surface area contributed by atoms with Crippen LogP contribution in [-0.2, 0) is 11.2 Å². The average molecular weight is 286 g/mol. The zero-order valence-electron chi connectivity index (χ0n) is 11.1. The first-order valence-electron chi connectivity index (χ1n) is 6.85. The van der Waals surface area contributed by atoms with Crippen molar-refractivity contribution in [2.45, 2.75) is 12.8 Å². The predicted molar refractivity (Wildman–Crippen MR) is 82.1 cm³/mol. The van der Waals surface area contributed by atoms with E-state index in [-0.39, 0.29) is 11.8 Å². The molecule has 1 aliphatic rings. The molecular weight excluding hydrogens is 270 g/mol. The van der Waals surface area contributed by atoms with Gasteiger partial charge in [-0.3, -0.25) is 4.79 Å². The van der Waals surface area contributed by atoms with Crippen LogP contribution in [0.4, 0.5) is 5.69 Å². The number of halogens is 1. The summed E-state index contributed by atoms with van der Waals surface area (Å²) in [4.78, 5) is 14.4. The van der Waals surface area contributed by atoms with Crippen molar-refractivity contribution in [3.05, 3.63) is 65.2 Å². The molecule has 0 N–H and O–H groups in total. The molecule has 0 aliphatic carbocycles. The van der Waals surface area contributed by atoms with Crippen molar-refractivity contribution < 1.29 is 4.79 Å². The molecule has 2 nitrogen and oxygen atoms in total. The Labute approximate surface area is 124 Å². The fourth-order valence-electron chi connectivity index (χ4n) is 2.70. The van der Waals surface area contributed by atoms with Crippen molar-refractivity contribution in [2.75, 3.05) is 11.4 Å². The van der Waals surface area contributed by atoms with Crippen molar-refractivity contribution in [3.8, 4) is 0 Å². The van der Waals surface area contributed by atoms with E-state index in [1.807, 2.05) is 47.4 Å². The van der Waals surface area contributed by atoms with Gasteiger partial charge in [0, 0.05) is 23.2 Å². The van der Waals surface area contributed by atoms with Crippen molar-refractivity contribution in [2.24, 2.45) is 5.92 Å². The maximum Gasteiger partial charge on any atom is 0.230 e. The molecule has 0 saturated carbocycles. The lowest BCUT2D eigenvalue weighted by Gasteiger charge is -2.17. The lowest BCUT2D eigenvalue weighted by atomic mass is 9.98. The molecule has 20 heavy (non-hydrogen) atoms. The van der Waals surface area contributed by atoms with Gasteiger partial charge < -0.3 is 4.90 Å². The third kappa shape index (κ3) is 2.70. The van der Waals surface area contributed by atoms with Crippen LogP contribution in [0.25, 0.3) is 0 Å². The van der Waals surface area contributed by atoms with Gasteiger partial charge in [-0.2, -0.15) is 0 Å². The van der Waals surface area contributed by atoms with Gasteiger partial charge in [0.2, 0.25) is 5.91 Å². The molecule has 0 spiro atoms. The maximum atomic E-state index is 12.5. The Bertz CT molecular complexity index is 594. The largest absolute Gasteiger partial charge is 0.312 e. The number of anilines is 1. The SMILES string of the molecule is O=C1C(Cc2ccccc2)CCN1c1ccc(Cl)cc1. The summed E-state index contributed by atoms with van der Waals surface area (Å²) in [5, 5.41) is 0.696. The van der Waals surface area contributed by atoms with E-state index in [4.69, 9.17) is 11.6 Å². The lowest BCUT2D eigenvalue weighted by Crippen LogP contribution is -2.27. The van der Waals surface area contributed by atoms with Gasteiger partial charge in [-0.25, -0.2) is 0 Å². The first kappa shape index (κ1) is 13.2. The molecule has 0 aromatic heterocycles. The standard InChI is InChI=1S/C17H16ClNO/c18-15-6-8-16(9-7-15)19-11-10-14(17(19)20)12-13-4-2-1-3-5-13/h1-9,14H,10-12H2. The summed E-state index contributed by atoms with van der Waals surface area (Å²) in [6.45, 7) is 0.790. The van der Waals surface area contributed by atoms with Crippen molar-refractivity contribution in [1.82, 2.24) is 0 Å². The smallest absolute Gasteiger partial charge is 0.230 e. The van der Waals surface area contributed by atoms with E-state index >= 15 is 0 Å². The molecular formula is C17H16ClNO. The third-order valence-electron chi connectivity index (χ3n) is 3.78. The summed E-state index contributed by atoms with van der Waals surface area (Å²) < 4.78 is 0. The number of carbonyl (C=O) groups is 1. The maximum absolute atomic E-state index is 12.5. The molecule has 1 saturated heterocycles. The van der Waals surface area contributed by atoms with E-state index in [1.165, 1.54) is 5.56 Å². The molecule has 2 aromatic carbocycles. The van der Waals surface area contributed by atoms with Gasteiger partial charge in [0.1, 0.15) is 0 Å². The van der Waals surface area contributed by atoms with Crippen molar-refractivity contribution in [3.63, 3.8) is 0 Å². The molecule has 1 aliphatic heterocycles. The quantitative estimate of drug-likeness (QED) is 0.836. The highest BCUT2D eigenvalue weighted by Gasteiger charge is 2.32. The topological polar surface area (TPSA) is 20.3 Å². The Balaban J connectivity index is 1.72. The predicted octanol–water partition coefficient (Wildman–Crippen LogP) is 3.94. The number of hydrogen-bond donors (Lipinski definition) is 0. The van der Waals surface area contributed by atoms with Crippen LogP contribution in [0.3, 0.4) is 0 Å². The molecule has 1 atom stereocenters. The summed E-state index contributed by atoms with van der Waals surface area (Å²) in [6, 6.07) is 17.7. The second-order valence-electron chi connectivity index (χ2n) is 5.14. The number of nitrogens with zero attached hydrogens (tertiary/aromatic N) is 1. The molecule has 0 bridgehead atoms. The van der Waals surface area contributed by atoms with Crippen LogP contribution in [0, 0.1) is 5.92 Å².